The van der Waals surface area contributed by atoms with Gasteiger partial charge in [0.2, 0.25) is 0 Å². The number of nitrogens with two attached hydrogens (primary N) is 1. The maximum Gasteiger partial charge on any atom is 0.128 e. The van der Waals surface area contributed by atoms with Gasteiger partial charge in [-0.25, -0.2) is 4.98 Å². The van der Waals surface area contributed by atoms with Crippen molar-refractivity contribution in [3.8, 4) is 0 Å². The molecule has 1 aromatic rings. The molecular weight excluding hydrogens is 178 g/mol. The normalized spacial score (nSPS) is 17.9. The molecule has 0 aliphatic heterocycles. The summed E-state index contributed by atoms with van der Waals surface area (Å²) in [5.74, 6) is 0.750. The monoisotopic (exact) mass is 193 g/mol. The van der Waals surface area contributed by atoms with Gasteiger partial charge in [-0.2, -0.15) is 0 Å². The number of nitrogen functional groups attached to an aromatic ring is 1. The maximum absolute atomic E-state index is 9.12. The highest BCUT2D eigenvalue weighted by Gasteiger charge is 2.42. The number of nitrogens with zero attached hydrogens (tertiary/aromatic N) is 1. The molecule has 4 N–H and O–H groups in total. The quantitative estimate of drug-likeness (QED) is 0.667. The molecule has 1 aliphatic carbocycles. The summed E-state index contributed by atoms with van der Waals surface area (Å²) in [4.78, 5) is 4.21. The molecule has 0 bridgehead atoms. The molecule has 0 unspecified atom stereocenters. The number of rotatable bonds is 3. The number of aliphatic hydroxyl groups excluding tert-OH is 1. The lowest BCUT2D eigenvalue weighted by Gasteiger charge is -2.15. The Kier molecular flexibility index (Phi) is 2.07. The third-order valence-electron chi connectivity index (χ3n) is 2.69. The van der Waals surface area contributed by atoms with Crippen molar-refractivity contribution in [2.75, 3.05) is 17.7 Å². The van der Waals surface area contributed by atoms with Crippen molar-refractivity contribution in [2.24, 2.45) is 0 Å². The fraction of sp³-hybridized carbons (Fsp3) is 0.500. The molecule has 1 aliphatic rings. The second-order valence-electron chi connectivity index (χ2n) is 3.99. The fourth-order valence-corrected chi connectivity index (χ4v) is 1.35. The SMILES string of the molecule is Cc1cnc(NC2(CO)CC2)cc1N. The molecule has 0 aromatic carbocycles. The van der Waals surface area contributed by atoms with E-state index >= 15 is 0 Å². The third kappa shape index (κ3) is 1.65. The molecule has 4 nitrogen and oxygen atoms in total. The highest BCUT2D eigenvalue weighted by atomic mass is 16.3. The van der Waals surface area contributed by atoms with E-state index in [1.807, 2.05) is 13.0 Å². The number of nitrogens with one attached hydrogen (secondary N) is 1. The molecule has 76 valence electrons. The lowest BCUT2D eigenvalue weighted by Crippen LogP contribution is -2.26. The van der Waals surface area contributed by atoms with Crippen LogP contribution in [-0.2, 0) is 0 Å². The minimum atomic E-state index is -0.130. The van der Waals surface area contributed by atoms with Gasteiger partial charge in [0, 0.05) is 18.0 Å². The molecule has 0 radical (unpaired) electrons. The van der Waals surface area contributed by atoms with E-state index in [9.17, 15) is 0 Å². The Morgan fingerprint density at radius 3 is 2.86 bits per heavy atom. The van der Waals surface area contributed by atoms with E-state index in [1.54, 1.807) is 6.20 Å². The number of pyridine rings is 1. The Morgan fingerprint density at radius 2 is 2.36 bits per heavy atom. The highest BCUT2D eigenvalue weighted by molar-refractivity contribution is 5.55. The van der Waals surface area contributed by atoms with Crippen LogP contribution < -0.4 is 11.1 Å². The number of anilines is 2. The first-order chi connectivity index (χ1) is 6.65. The van der Waals surface area contributed by atoms with Gasteiger partial charge in [-0.1, -0.05) is 0 Å². The van der Waals surface area contributed by atoms with Crippen molar-refractivity contribution < 1.29 is 5.11 Å². The Labute approximate surface area is 83.2 Å². The van der Waals surface area contributed by atoms with Crippen LogP contribution in [0.3, 0.4) is 0 Å². The van der Waals surface area contributed by atoms with E-state index in [1.165, 1.54) is 0 Å². The average molecular weight is 193 g/mol. The van der Waals surface area contributed by atoms with Crippen LogP contribution in [0.4, 0.5) is 11.5 Å². The molecule has 0 atom stereocenters. The molecule has 4 heteroatoms. The van der Waals surface area contributed by atoms with Crippen molar-refractivity contribution in [3.63, 3.8) is 0 Å². The van der Waals surface area contributed by atoms with Gasteiger partial charge in [0.25, 0.3) is 0 Å². The van der Waals surface area contributed by atoms with Gasteiger partial charge < -0.3 is 16.2 Å². The number of aliphatic hydroxyl groups is 1. The second kappa shape index (κ2) is 3.13. The Bertz CT molecular complexity index is 347. The van der Waals surface area contributed by atoms with Crippen LogP contribution in [-0.4, -0.2) is 22.2 Å². The first-order valence-electron chi connectivity index (χ1n) is 4.76. The van der Waals surface area contributed by atoms with Gasteiger partial charge in [-0.05, 0) is 25.3 Å². The smallest absolute Gasteiger partial charge is 0.128 e. The zero-order valence-electron chi connectivity index (χ0n) is 8.25. The van der Waals surface area contributed by atoms with Crippen LogP contribution in [0.2, 0.25) is 0 Å². The number of hydrogen-bond acceptors (Lipinski definition) is 4. The first kappa shape index (κ1) is 9.27. The summed E-state index contributed by atoms with van der Waals surface area (Å²) >= 11 is 0. The van der Waals surface area contributed by atoms with Crippen LogP contribution >= 0.6 is 0 Å². The average Bonchev–Trinajstić information content (AvgIpc) is 2.93. The van der Waals surface area contributed by atoms with Crippen LogP contribution in [0.15, 0.2) is 12.3 Å². The van der Waals surface area contributed by atoms with E-state index in [2.05, 4.69) is 10.3 Å². The van der Waals surface area contributed by atoms with Gasteiger partial charge in [-0.15, -0.1) is 0 Å². The van der Waals surface area contributed by atoms with Crippen molar-refractivity contribution >= 4 is 11.5 Å². The Morgan fingerprint density at radius 1 is 1.64 bits per heavy atom. The number of aryl methyl sites for hydroxylation is 1. The van der Waals surface area contributed by atoms with Crippen molar-refractivity contribution in [1.29, 1.82) is 0 Å². The maximum atomic E-state index is 9.12. The summed E-state index contributed by atoms with van der Waals surface area (Å²) in [7, 11) is 0. The van der Waals surface area contributed by atoms with E-state index in [0.29, 0.717) is 0 Å². The Hall–Kier alpha value is -1.29. The molecule has 1 aromatic heterocycles. The second-order valence-corrected chi connectivity index (χ2v) is 3.99. The summed E-state index contributed by atoms with van der Waals surface area (Å²) < 4.78 is 0. The predicted molar refractivity (Wildman–Crippen MR) is 56.1 cm³/mol. The minimum absolute atomic E-state index is 0.130. The first-order valence-corrected chi connectivity index (χ1v) is 4.76. The molecule has 0 amide bonds. The highest BCUT2D eigenvalue weighted by Crippen LogP contribution is 2.38. The standard InChI is InChI=1S/C10H15N3O/c1-7-5-12-9(4-8(7)11)13-10(6-14)2-3-10/h4-5,14H,2-3,6H2,1H3,(H3,11,12,13). The van der Waals surface area contributed by atoms with Crippen LogP contribution in [0.25, 0.3) is 0 Å². The molecule has 2 rings (SSSR count). The molecule has 1 saturated carbocycles. The van der Waals surface area contributed by atoms with Crippen molar-refractivity contribution in [1.82, 2.24) is 4.98 Å². The Balaban J connectivity index is 2.14. The van der Waals surface area contributed by atoms with Crippen LogP contribution in [0.1, 0.15) is 18.4 Å². The summed E-state index contributed by atoms with van der Waals surface area (Å²) in [6.07, 6.45) is 3.74. The zero-order chi connectivity index (χ0) is 10.2. The van der Waals surface area contributed by atoms with Crippen LogP contribution in [0.5, 0.6) is 0 Å². The van der Waals surface area contributed by atoms with Crippen molar-refractivity contribution in [2.45, 2.75) is 25.3 Å². The predicted octanol–water partition coefficient (Wildman–Crippen LogP) is 0.909. The van der Waals surface area contributed by atoms with E-state index in [4.69, 9.17) is 10.8 Å². The molecule has 1 heterocycles. The minimum Gasteiger partial charge on any atom is -0.398 e. The van der Waals surface area contributed by atoms with E-state index in [-0.39, 0.29) is 12.1 Å². The van der Waals surface area contributed by atoms with Gasteiger partial charge >= 0.3 is 0 Å². The molecule has 0 saturated heterocycles. The summed E-state index contributed by atoms with van der Waals surface area (Å²) in [5.41, 5.74) is 7.34. The van der Waals surface area contributed by atoms with E-state index in [0.717, 1.165) is 29.9 Å². The van der Waals surface area contributed by atoms with Crippen molar-refractivity contribution in [3.05, 3.63) is 17.8 Å². The largest absolute Gasteiger partial charge is 0.398 e. The van der Waals surface area contributed by atoms with Gasteiger partial charge in [0.05, 0.1) is 12.1 Å². The summed E-state index contributed by atoms with van der Waals surface area (Å²) in [5, 5.41) is 12.3. The third-order valence-corrected chi connectivity index (χ3v) is 2.69. The summed E-state index contributed by atoms with van der Waals surface area (Å²) in [6, 6.07) is 1.81. The van der Waals surface area contributed by atoms with Gasteiger partial charge in [0.15, 0.2) is 0 Å². The zero-order valence-corrected chi connectivity index (χ0v) is 8.25. The molecular formula is C10H15N3O. The lowest BCUT2D eigenvalue weighted by molar-refractivity contribution is 0.266. The molecule has 14 heavy (non-hydrogen) atoms. The topological polar surface area (TPSA) is 71.2 Å². The number of aromatic nitrogens is 1. The van der Waals surface area contributed by atoms with Gasteiger partial charge in [-0.3, -0.25) is 0 Å². The lowest BCUT2D eigenvalue weighted by atomic mass is 10.2. The molecule has 1 fully saturated rings. The summed E-state index contributed by atoms with van der Waals surface area (Å²) in [6.45, 7) is 2.08. The van der Waals surface area contributed by atoms with Crippen LogP contribution in [0, 0.1) is 6.92 Å². The fourth-order valence-electron chi connectivity index (χ4n) is 1.35. The van der Waals surface area contributed by atoms with Gasteiger partial charge in [0.1, 0.15) is 5.82 Å². The van der Waals surface area contributed by atoms with E-state index < -0.39 is 0 Å². The number of hydrogen-bond donors (Lipinski definition) is 3. The molecule has 0 spiro atoms.